The van der Waals surface area contributed by atoms with Crippen molar-refractivity contribution in [3.8, 4) is 5.75 Å². The van der Waals surface area contributed by atoms with Gasteiger partial charge in [0.15, 0.2) is 0 Å². The predicted octanol–water partition coefficient (Wildman–Crippen LogP) is 0.924. The number of phenols is 1. The van der Waals surface area contributed by atoms with E-state index < -0.39 is 21.8 Å². The highest BCUT2D eigenvalue weighted by atomic mass is 32.2. The molecule has 2 aromatic rings. The zero-order valence-electron chi connectivity index (χ0n) is 15.4. The van der Waals surface area contributed by atoms with Crippen LogP contribution in [-0.4, -0.2) is 44.6 Å². The summed E-state index contributed by atoms with van der Waals surface area (Å²) in [6.45, 7) is 0.782. The second-order valence-electron chi connectivity index (χ2n) is 6.44. The van der Waals surface area contributed by atoms with Gasteiger partial charge in [0, 0.05) is 18.7 Å². The Labute approximate surface area is 168 Å². The molecule has 2 aromatic carbocycles. The van der Waals surface area contributed by atoms with Gasteiger partial charge in [0.05, 0.1) is 16.6 Å². The number of aromatic hydroxyl groups is 1. The molecule has 1 saturated heterocycles. The minimum Gasteiger partial charge on any atom is -0.507 e. The maximum absolute atomic E-state index is 12.5. The normalized spacial score (nSPS) is 16.3. The van der Waals surface area contributed by atoms with Gasteiger partial charge in [0.2, 0.25) is 10.0 Å². The van der Waals surface area contributed by atoms with Crippen molar-refractivity contribution in [1.82, 2.24) is 15.6 Å². The quantitative estimate of drug-likeness (QED) is 0.515. The van der Waals surface area contributed by atoms with Crippen LogP contribution in [0.5, 0.6) is 5.75 Å². The van der Waals surface area contributed by atoms with Crippen LogP contribution in [0.4, 0.5) is 0 Å². The summed E-state index contributed by atoms with van der Waals surface area (Å²) < 4.78 is 32.8. The summed E-state index contributed by atoms with van der Waals surface area (Å²) in [5.74, 6) is -1.65. The Morgan fingerprint density at radius 3 is 2.55 bits per heavy atom. The molecule has 0 aliphatic carbocycles. The molecule has 0 bridgehead atoms. The molecule has 1 aliphatic rings. The predicted molar refractivity (Wildman–Crippen MR) is 104 cm³/mol. The van der Waals surface area contributed by atoms with Crippen LogP contribution in [-0.2, 0) is 14.8 Å². The summed E-state index contributed by atoms with van der Waals surface area (Å²) in [5, 5.41) is 9.66. The number of nitrogens with one attached hydrogen (secondary N) is 3. The SMILES string of the molecule is O=C(NNC(=O)c1ccccc1O)c1cccc(S(=O)(=O)NCC2CCCO2)c1. The van der Waals surface area contributed by atoms with Gasteiger partial charge in [-0.1, -0.05) is 18.2 Å². The number of hydrogen-bond donors (Lipinski definition) is 4. The Morgan fingerprint density at radius 2 is 1.83 bits per heavy atom. The van der Waals surface area contributed by atoms with Gasteiger partial charge in [-0.15, -0.1) is 0 Å². The van der Waals surface area contributed by atoms with Crippen molar-refractivity contribution in [2.75, 3.05) is 13.2 Å². The second-order valence-corrected chi connectivity index (χ2v) is 8.21. The number of sulfonamides is 1. The van der Waals surface area contributed by atoms with Crippen LogP contribution in [0.3, 0.4) is 0 Å². The molecule has 0 saturated carbocycles. The van der Waals surface area contributed by atoms with E-state index in [1.807, 2.05) is 0 Å². The van der Waals surface area contributed by atoms with Crippen LogP contribution in [0.15, 0.2) is 53.4 Å². The highest BCUT2D eigenvalue weighted by Crippen LogP contribution is 2.16. The third kappa shape index (κ3) is 5.31. The lowest BCUT2D eigenvalue weighted by molar-refractivity contribution is 0.0845. The molecular weight excluding hydrogens is 398 g/mol. The van der Waals surface area contributed by atoms with Crippen LogP contribution in [0.2, 0.25) is 0 Å². The zero-order chi connectivity index (χ0) is 20.9. The first-order valence-electron chi connectivity index (χ1n) is 8.97. The molecule has 1 aliphatic heterocycles. The molecular formula is C19H21N3O6S. The number of phenolic OH excluding ortho intramolecular Hbond substituents is 1. The Bertz CT molecular complexity index is 1000. The zero-order valence-corrected chi connectivity index (χ0v) is 16.2. The van der Waals surface area contributed by atoms with Gasteiger partial charge in [-0.2, -0.15) is 0 Å². The fourth-order valence-corrected chi connectivity index (χ4v) is 3.93. The lowest BCUT2D eigenvalue weighted by Gasteiger charge is -2.12. The fourth-order valence-electron chi connectivity index (χ4n) is 2.81. The first kappa shape index (κ1) is 20.8. The Kier molecular flexibility index (Phi) is 6.47. The van der Waals surface area contributed by atoms with E-state index in [2.05, 4.69) is 15.6 Å². The van der Waals surface area contributed by atoms with Gasteiger partial charge in [-0.25, -0.2) is 13.1 Å². The number of para-hydroxylation sites is 1. The highest BCUT2D eigenvalue weighted by Gasteiger charge is 2.21. The third-order valence-electron chi connectivity index (χ3n) is 4.37. The van der Waals surface area contributed by atoms with E-state index in [4.69, 9.17) is 4.74 Å². The van der Waals surface area contributed by atoms with Gasteiger partial charge < -0.3 is 9.84 Å². The highest BCUT2D eigenvalue weighted by molar-refractivity contribution is 7.89. The maximum atomic E-state index is 12.5. The average molecular weight is 419 g/mol. The van der Waals surface area contributed by atoms with E-state index in [9.17, 15) is 23.1 Å². The number of amides is 2. The summed E-state index contributed by atoms with van der Waals surface area (Å²) in [4.78, 5) is 24.2. The lowest BCUT2D eigenvalue weighted by atomic mass is 10.2. The second kappa shape index (κ2) is 9.03. The van der Waals surface area contributed by atoms with Gasteiger partial charge in [0.25, 0.3) is 11.8 Å². The van der Waals surface area contributed by atoms with Crippen molar-refractivity contribution >= 4 is 21.8 Å². The summed E-state index contributed by atoms with van der Waals surface area (Å²) in [6.07, 6.45) is 1.54. The van der Waals surface area contributed by atoms with E-state index in [0.29, 0.717) is 6.61 Å². The molecule has 9 nitrogen and oxygen atoms in total. The van der Waals surface area contributed by atoms with Crippen LogP contribution in [0.25, 0.3) is 0 Å². The minimum absolute atomic E-state index is 0.0116. The topological polar surface area (TPSA) is 134 Å². The molecule has 29 heavy (non-hydrogen) atoms. The van der Waals surface area contributed by atoms with Crippen molar-refractivity contribution in [3.05, 3.63) is 59.7 Å². The molecule has 0 aromatic heterocycles. The van der Waals surface area contributed by atoms with Gasteiger partial charge >= 0.3 is 0 Å². The first-order valence-corrected chi connectivity index (χ1v) is 10.4. The van der Waals surface area contributed by atoms with Gasteiger partial charge in [-0.05, 0) is 43.2 Å². The number of benzene rings is 2. The molecule has 1 unspecified atom stereocenters. The van der Waals surface area contributed by atoms with Crippen LogP contribution in [0, 0.1) is 0 Å². The monoisotopic (exact) mass is 419 g/mol. The molecule has 0 radical (unpaired) electrons. The van der Waals surface area contributed by atoms with Crippen molar-refractivity contribution in [2.45, 2.75) is 23.8 Å². The van der Waals surface area contributed by atoms with Gasteiger partial charge in [-0.3, -0.25) is 20.4 Å². The van der Waals surface area contributed by atoms with Crippen molar-refractivity contribution in [1.29, 1.82) is 0 Å². The molecule has 0 spiro atoms. The summed E-state index contributed by atoms with van der Waals surface area (Å²) >= 11 is 0. The standard InChI is InChI=1S/C19H21N3O6S/c23-17-9-2-1-8-16(17)19(25)22-21-18(24)13-5-3-7-15(11-13)29(26,27)20-12-14-6-4-10-28-14/h1-3,5,7-9,11,14,20,23H,4,6,10,12H2,(H,21,24)(H,22,25). The third-order valence-corrected chi connectivity index (χ3v) is 5.79. The van der Waals surface area contributed by atoms with E-state index in [-0.39, 0.29) is 34.4 Å². The number of rotatable bonds is 6. The Hall–Kier alpha value is -2.95. The van der Waals surface area contributed by atoms with E-state index in [1.54, 1.807) is 12.1 Å². The number of hydrogen-bond acceptors (Lipinski definition) is 6. The van der Waals surface area contributed by atoms with Crippen molar-refractivity contribution in [3.63, 3.8) is 0 Å². The smallest absolute Gasteiger partial charge is 0.273 e. The first-order chi connectivity index (χ1) is 13.9. The minimum atomic E-state index is -3.81. The molecule has 10 heteroatoms. The number of carbonyl (C=O) groups is 2. The number of ether oxygens (including phenoxy) is 1. The van der Waals surface area contributed by atoms with E-state index >= 15 is 0 Å². The summed E-state index contributed by atoms with van der Waals surface area (Å²) in [6, 6.07) is 11.3. The molecule has 4 N–H and O–H groups in total. The van der Waals surface area contributed by atoms with E-state index in [1.165, 1.54) is 36.4 Å². The molecule has 154 valence electrons. The van der Waals surface area contributed by atoms with Gasteiger partial charge in [0.1, 0.15) is 5.75 Å². The number of carbonyl (C=O) groups excluding carboxylic acids is 2. The molecule has 1 atom stereocenters. The Morgan fingerprint density at radius 1 is 1.07 bits per heavy atom. The summed E-state index contributed by atoms with van der Waals surface area (Å²) in [5.41, 5.74) is 4.41. The van der Waals surface area contributed by atoms with E-state index in [0.717, 1.165) is 12.8 Å². The van der Waals surface area contributed by atoms with Crippen molar-refractivity contribution < 1.29 is 27.9 Å². The maximum Gasteiger partial charge on any atom is 0.273 e. The Balaban J connectivity index is 1.62. The number of hydrazine groups is 1. The lowest BCUT2D eigenvalue weighted by Crippen LogP contribution is -2.41. The van der Waals surface area contributed by atoms with Crippen molar-refractivity contribution in [2.24, 2.45) is 0 Å². The van der Waals surface area contributed by atoms with Crippen LogP contribution < -0.4 is 15.6 Å². The van der Waals surface area contributed by atoms with Crippen LogP contribution in [0.1, 0.15) is 33.6 Å². The largest absolute Gasteiger partial charge is 0.507 e. The van der Waals surface area contributed by atoms with Crippen LogP contribution >= 0.6 is 0 Å². The average Bonchev–Trinajstić information content (AvgIpc) is 3.24. The molecule has 1 heterocycles. The fraction of sp³-hybridized carbons (Fsp3) is 0.263. The summed E-state index contributed by atoms with van der Waals surface area (Å²) in [7, 11) is -3.81. The molecule has 3 rings (SSSR count). The molecule has 2 amide bonds. The molecule has 1 fully saturated rings.